The quantitative estimate of drug-likeness (QED) is 0.644. The van der Waals surface area contributed by atoms with Gasteiger partial charge in [-0.2, -0.15) is 5.26 Å². The van der Waals surface area contributed by atoms with Gasteiger partial charge in [0, 0.05) is 0 Å². The number of rotatable bonds is 0. The van der Waals surface area contributed by atoms with Crippen molar-refractivity contribution in [2.24, 2.45) is 0 Å². The van der Waals surface area contributed by atoms with E-state index in [2.05, 4.69) is 13.0 Å². The standard InChI is InChI=1S/C12H9N.ClH/c1-9-6-7-10(8-13)12-5-3-2-4-11(9)12;/h2-7H,1H3;1H. The van der Waals surface area contributed by atoms with Gasteiger partial charge < -0.3 is 0 Å². The third-order valence-electron chi connectivity index (χ3n) is 2.26. The Morgan fingerprint density at radius 3 is 2.29 bits per heavy atom. The Labute approximate surface area is 89.4 Å². The largest absolute Gasteiger partial charge is 0.192 e. The highest BCUT2D eigenvalue weighted by atomic mass is 35.5. The zero-order valence-corrected chi connectivity index (χ0v) is 8.64. The maximum Gasteiger partial charge on any atom is 0.0998 e. The summed E-state index contributed by atoms with van der Waals surface area (Å²) in [7, 11) is 0. The zero-order valence-electron chi connectivity index (χ0n) is 7.82. The molecule has 0 saturated carbocycles. The van der Waals surface area contributed by atoms with Crippen molar-refractivity contribution in [3.05, 3.63) is 47.5 Å². The van der Waals surface area contributed by atoms with Gasteiger partial charge >= 0.3 is 0 Å². The summed E-state index contributed by atoms with van der Waals surface area (Å²) in [4.78, 5) is 0. The number of nitrogens with zero attached hydrogens (tertiary/aromatic N) is 1. The monoisotopic (exact) mass is 203 g/mol. The molecule has 0 aliphatic carbocycles. The highest BCUT2D eigenvalue weighted by Gasteiger charge is 2.00. The summed E-state index contributed by atoms with van der Waals surface area (Å²) in [5.74, 6) is 0. The second kappa shape index (κ2) is 4.13. The lowest BCUT2D eigenvalue weighted by molar-refractivity contribution is 1.47. The minimum atomic E-state index is 0. The molecule has 0 heterocycles. The van der Waals surface area contributed by atoms with Crippen LogP contribution in [-0.4, -0.2) is 0 Å². The fourth-order valence-corrected chi connectivity index (χ4v) is 1.55. The Morgan fingerprint density at radius 1 is 1.00 bits per heavy atom. The first kappa shape index (κ1) is 10.6. The van der Waals surface area contributed by atoms with E-state index in [0.717, 1.165) is 10.9 Å². The molecule has 0 spiro atoms. The van der Waals surface area contributed by atoms with Gasteiger partial charge in [0.05, 0.1) is 11.6 Å². The van der Waals surface area contributed by atoms with Crippen molar-refractivity contribution < 1.29 is 0 Å². The molecule has 2 rings (SSSR count). The smallest absolute Gasteiger partial charge is 0.0998 e. The van der Waals surface area contributed by atoms with E-state index in [1.165, 1.54) is 10.9 Å². The highest BCUT2D eigenvalue weighted by molar-refractivity contribution is 5.90. The van der Waals surface area contributed by atoms with E-state index in [0.29, 0.717) is 0 Å². The van der Waals surface area contributed by atoms with Gasteiger partial charge in [0.2, 0.25) is 0 Å². The van der Waals surface area contributed by atoms with Crippen LogP contribution in [0.1, 0.15) is 11.1 Å². The molecule has 0 unspecified atom stereocenters. The van der Waals surface area contributed by atoms with Crippen LogP contribution in [0, 0.1) is 18.3 Å². The average Bonchev–Trinajstić information content (AvgIpc) is 2.19. The van der Waals surface area contributed by atoms with Crippen molar-refractivity contribution in [1.82, 2.24) is 0 Å². The lowest BCUT2D eigenvalue weighted by Crippen LogP contribution is -1.82. The number of halogens is 1. The molecule has 0 fully saturated rings. The lowest BCUT2D eigenvalue weighted by atomic mass is 10.0. The molecule has 0 N–H and O–H groups in total. The molecular weight excluding hydrogens is 194 g/mol. The fraction of sp³-hybridized carbons (Fsp3) is 0.0833. The minimum absolute atomic E-state index is 0. The molecule has 0 aliphatic rings. The van der Waals surface area contributed by atoms with E-state index >= 15 is 0 Å². The molecule has 0 radical (unpaired) electrons. The number of nitriles is 1. The van der Waals surface area contributed by atoms with Gasteiger partial charge in [-0.05, 0) is 29.3 Å². The summed E-state index contributed by atoms with van der Waals surface area (Å²) in [6.07, 6.45) is 0. The molecule has 0 aromatic heterocycles. The Hall–Kier alpha value is -1.52. The summed E-state index contributed by atoms with van der Waals surface area (Å²) in [5, 5.41) is 11.1. The van der Waals surface area contributed by atoms with Crippen LogP contribution < -0.4 is 0 Å². The maximum absolute atomic E-state index is 8.88. The number of aryl methyl sites for hydroxylation is 1. The maximum atomic E-state index is 8.88. The molecule has 1 nitrogen and oxygen atoms in total. The third-order valence-corrected chi connectivity index (χ3v) is 2.26. The van der Waals surface area contributed by atoms with Crippen molar-refractivity contribution >= 4 is 23.2 Å². The van der Waals surface area contributed by atoms with E-state index in [4.69, 9.17) is 5.26 Å². The molecule has 0 saturated heterocycles. The Bertz CT molecular complexity index is 497. The summed E-state index contributed by atoms with van der Waals surface area (Å²) >= 11 is 0. The number of fused-ring (bicyclic) bond motifs is 1. The van der Waals surface area contributed by atoms with Crippen LogP contribution in [0.2, 0.25) is 0 Å². The van der Waals surface area contributed by atoms with E-state index < -0.39 is 0 Å². The fourth-order valence-electron chi connectivity index (χ4n) is 1.55. The zero-order chi connectivity index (χ0) is 9.26. The molecule has 2 aromatic rings. The van der Waals surface area contributed by atoms with E-state index in [1.54, 1.807) is 0 Å². The minimum Gasteiger partial charge on any atom is -0.192 e. The molecule has 0 amide bonds. The SMILES string of the molecule is Cc1ccc(C#N)c2ccccc12.Cl. The lowest BCUT2D eigenvalue weighted by Gasteiger charge is -2.02. The first-order valence-corrected chi connectivity index (χ1v) is 4.21. The molecule has 14 heavy (non-hydrogen) atoms. The molecule has 2 aromatic carbocycles. The summed E-state index contributed by atoms with van der Waals surface area (Å²) in [6.45, 7) is 2.06. The van der Waals surface area contributed by atoms with Gasteiger partial charge in [0.1, 0.15) is 0 Å². The molecule has 0 aliphatic heterocycles. The average molecular weight is 204 g/mol. The third kappa shape index (κ3) is 1.57. The van der Waals surface area contributed by atoms with Crippen molar-refractivity contribution in [2.45, 2.75) is 6.92 Å². The van der Waals surface area contributed by atoms with Gasteiger partial charge in [-0.25, -0.2) is 0 Å². The first-order chi connectivity index (χ1) is 6.33. The Morgan fingerprint density at radius 2 is 1.64 bits per heavy atom. The van der Waals surface area contributed by atoms with Crippen molar-refractivity contribution in [3.8, 4) is 6.07 Å². The van der Waals surface area contributed by atoms with Crippen LogP contribution in [0.15, 0.2) is 36.4 Å². The van der Waals surface area contributed by atoms with Crippen LogP contribution in [0.4, 0.5) is 0 Å². The summed E-state index contributed by atoms with van der Waals surface area (Å²) in [5.41, 5.74) is 1.97. The summed E-state index contributed by atoms with van der Waals surface area (Å²) in [6, 6.07) is 14.0. The molecule has 0 atom stereocenters. The number of hydrogen-bond acceptors (Lipinski definition) is 1. The van der Waals surface area contributed by atoms with Crippen LogP contribution in [-0.2, 0) is 0 Å². The summed E-state index contributed by atoms with van der Waals surface area (Å²) < 4.78 is 0. The van der Waals surface area contributed by atoms with Crippen molar-refractivity contribution in [2.75, 3.05) is 0 Å². The second-order valence-corrected chi connectivity index (χ2v) is 3.09. The predicted molar refractivity (Wildman–Crippen MR) is 60.6 cm³/mol. The number of hydrogen-bond donors (Lipinski definition) is 0. The van der Waals surface area contributed by atoms with E-state index in [-0.39, 0.29) is 12.4 Å². The Balaban J connectivity index is 0.000000980. The van der Waals surface area contributed by atoms with Gasteiger partial charge in [-0.1, -0.05) is 30.3 Å². The molecule has 70 valence electrons. The van der Waals surface area contributed by atoms with Gasteiger partial charge in [-0.3, -0.25) is 0 Å². The van der Waals surface area contributed by atoms with E-state index in [1.807, 2.05) is 36.4 Å². The molecule has 0 bridgehead atoms. The van der Waals surface area contributed by atoms with E-state index in [9.17, 15) is 0 Å². The van der Waals surface area contributed by atoms with Crippen LogP contribution in [0.3, 0.4) is 0 Å². The first-order valence-electron chi connectivity index (χ1n) is 4.21. The highest BCUT2D eigenvalue weighted by Crippen LogP contribution is 2.21. The van der Waals surface area contributed by atoms with Gasteiger partial charge in [0.15, 0.2) is 0 Å². The van der Waals surface area contributed by atoms with Gasteiger partial charge in [0.25, 0.3) is 0 Å². The van der Waals surface area contributed by atoms with Crippen LogP contribution in [0.25, 0.3) is 10.8 Å². The second-order valence-electron chi connectivity index (χ2n) is 3.09. The normalized spacial score (nSPS) is 9.14. The molecular formula is C12H10ClN. The van der Waals surface area contributed by atoms with Crippen LogP contribution in [0.5, 0.6) is 0 Å². The Kier molecular flexibility index (Phi) is 3.11. The molecule has 2 heteroatoms. The van der Waals surface area contributed by atoms with Crippen LogP contribution >= 0.6 is 12.4 Å². The van der Waals surface area contributed by atoms with Crippen molar-refractivity contribution in [3.63, 3.8) is 0 Å². The predicted octanol–water partition coefficient (Wildman–Crippen LogP) is 3.44. The topological polar surface area (TPSA) is 23.8 Å². The number of benzene rings is 2. The van der Waals surface area contributed by atoms with Crippen molar-refractivity contribution in [1.29, 1.82) is 5.26 Å². The van der Waals surface area contributed by atoms with Gasteiger partial charge in [-0.15, -0.1) is 12.4 Å².